The van der Waals surface area contributed by atoms with Gasteiger partial charge in [-0.1, -0.05) is 6.07 Å². The van der Waals surface area contributed by atoms with Crippen LogP contribution in [0, 0.1) is 0 Å². The first-order chi connectivity index (χ1) is 8.13. The van der Waals surface area contributed by atoms with Crippen LogP contribution in [0.2, 0.25) is 0 Å². The molecular formula is C12H16N2O3. The van der Waals surface area contributed by atoms with Crippen molar-refractivity contribution in [3.8, 4) is 0 Å². The standard InChI is InChI=1S/C12H16N2O3/c1-3-17-12(16)7-11(15)14(2)9-10-5-4-6-13-8-10/h4-6,8H,3,7,9H2,1-2H3. The Balaban J connectivity index is 2.45. The van der Waals surface area contributed by atoms with Crippen LogP contribution in [0.5, 0.6) is 0 Å². The molecule has 0 aliphatic heterocycles. The van der Waals surface area contributed by atoms with Gasteiger partial charge in [0, 0.05) is 26.0 Å². The zero-order valence-corrected chi connectivity index (χ0v) is 10.0. The van der Waals surface area contributed by atoms with Crippen molar-refractivity contribution < 1.29 is 14.3 Å². The minimum Gasteiger partial charge on any atom is -0.466 e. The van der Waals surface area contributed by atoms with E-state index < -0.39 is 5.97 Å². The molecule has 0 saturated carbocycles. The van der Waals surface area contributed by atoms with E-state index in [1.54, 1.807) is 32.4 Å². The summed E-state index contributed by atoms with van der Waals surface area (Å²) >= 11 is 0. The van der Waals surface area contributed by atoms with Gasteiger partial charge in [-0.3, -0.25) is 14.6 Å². The van der Waals surface area contributed by atoms with Gasteiger partial charge in [-0.25, -0.2) is 0 Å². The van der Waals surface area contributed by atoms with Crippen molar-refractivity contribution in [2.75, 3.05) is 13.7 Å². The second-order valence-electron chi connectivity index (χ2n) is 3.59. The third-order valence-electron chi connectivity index (χ3n) is 2.17. The topological polar surface area (TPSA) is 59.5 Å². The molecule has 1 amide bonds. The van der Waals surface area contributed by atoms with Crippen LogP contribution in [-0.4, -0.2) is 35.4 Å². The highest BCUT2D eigenvalue weighted by Gasteiger charge is 2.14. The summed E-state index contributed by atoms with van der Waals surface area (Å²) in [5.74, 6) is -0.747. The molecule has 5 heteroatoms. The van der Waals surface area contributed by atoms with E-state index in [9.17, 15) is 9.59 Å². The average Bonchev–Trinajstić information content (AvgIpc) is 2.30. The summed E-state index contributed by atoms with van der Waals surface area (Å²) in [7, 11) is 1.65. The lowest BCUT2D eigenvalue weighted by molar-refractivity contribution is -0.148. The second kappa shape index (κ2) is 6.62. The quantitative estimate of drug-likeness (QED) is 0.565. The Morgan fingerprint density at radius 1 is 1.47 bits per heavy atom. The Labute approximate surface area is 100 Å². The fraction of sp³-hybridized carbons (Fsp3) is 0.417. The zero-order chi connectivity index (χ0) is 12.7. The molecule has 0 saturated heterocycles. The fourth-order valence-electron chi connectivity index (χ4n) is 1.32. The number of esters is 1. The van der Waals surface area contributed by atoms with Gasteiger partial charge in [0.15, 0.2) is 0 Å². The van der Waals surface area contributed by atoms with Gasteiger partial charge in [0.05, 0.1) is 6.61 Å². The number of hydrogen-bond donors (Lipinski definition) is 0. The number of ether oxygens (including phenoxy) is 1. The molecule has 0 aliphatic rings. The predicted molar refractivity (Wildman–Crippen MR) is 62.0 cm³/mol. The van der Waals surface area contributed by atoms with Crippen molar-refractivity contribution in [3.63, 3.8) is 0 Å². The van der Waals surface area contributed by atoms with Crippen molar-refractivity contribution in [2.45, 2.75) is 19.9 Å². The Morgan fingerprint density at radius 2 is 2.24 bits per heavy atom. The van der Waals surface area contributed by atoms with Crippen LogP contribution in [-0.2, 0) is 20.9 Å². The lowest BCUT2D eigenvalue weighted by atomic mass is 10.2. The van der Waals surface area contributed by atoms with Crippen LogP contribution in [0.1, 0.15) is 18.9 Å². The SMILES string of the molecule is CCOC(=O)CC(=O)N(C)Cc1cccnc1. The molecule has 0 aromatic carbocycles. The molecular weight excluding hydrogens is 220 g/mol. The summed E-state index contributed by atoms with van der Waals surface area (Å²) in [5.41, 5.74) is 0.923. The van der Waals surface area contributed by atoms with E-state index in [2.05, 4.69) is 4.98 Å². The first kappa shape index (κ1) is 13.2. The maximum atomic E-state index is 11.6. The van der Waals surface area contributed by atoms with E-state index in [1.807, 2.05) is 6.07 Å². The average molecular weight is 236 g/mol. The molecule has 0 atom stereocenters. The molecule has 0 radical (unpaired) electrons. The Morgan fingerprint density at radius 3 is 2.82 bits per heavy atom. The highest BCUT2D eigenvalue weighted by molar-refractivity contribution is 5.94. The smallest absolute Gasteiger partial charge is 0.315 e. The highest BCUT2D eigenvalue weighted by atomic mass is 16.5. The molecule has 1 aromatic heterocycles. The maximum absolute atomic E-state index is 11.6. The molecule has 0 fully saturated rings. The fourth-order valence-corrected chi connectivity index (χ4v) is 1.32. The minimum atomic E-state index is -0.490. The number of nitrogens with zero attached hydrogens (tertiary/aromatic N) is 2. The van der Waals surface area contributed by atoms with E-state index in [0.29, 0.717) is 13.2 Å². The van der Waals surface area contributed by atoms with Crippen molar-refractivity contribution in [2.24, 2.45) is 0 Å². The first-order valence-electron chi connectivity index (χ1n) is 5.42. The summed E-state index contributed by atoms with van der Waals surface area (Å²) in [6.07, 6.45) is 3.14. The Bertz CT molecular complexity index is 379. The monoisotopic (exact) mass is 236 g/mol. The van der Waals surface area contributed by atoms with E-state index in [-0.39, 0.29) is 12.3 Å². The maximum Gasteiger partial charge on any atom is 0.315 e. The number of carbonyl (C=O) groups excluding carboxylic acids is 2. The summed E-state index contributed by atoms with van der Waals surface area (Å²) in [6, 6.07) is 3.68. The summed E-state index contributed by atoms with van der Waals surface area (Å²) in [5, 5.41) is 0. The minimum absolute atomic E-state index is 0.218. The van der Waals surface area contributed by atoms with Gasteiger partial charge >= 0.3 is 5.97 Å². The highest BCUT2D eigenvalue weighted by Crippen LogP contribution is 2.02. The van der Waals surface area contributed by atoms with Crippen LogP contribution in [0.25, 0.3) is 0 Å². The summed E-state index contributed by atoms with van der Waals surface area (Å²) < 4.78 is 4.71. The predicted octanol–water partition coefficient (Wildman–Crippen LogP) is 0.993. The third kappa shape index (κ3) is 4.63. The van der Waals surface area contributed by atoms with Gasteiger partial charge in [0.25, 0.3) is 0 Å². The Kier molecular flexibility index (Phi) is 5.13. The lowest BCUT2D eigenvalue weighted by Gasteiger charge is -2.16. The normalized spacial score (nSPS) is 9.76. The number of pyridine rings is 1. The van der Waals surface area contributed by atoms with Gasteiger partial charge < -0.3 is 9.64 Å². The number of amides is 1. The van der Waals surface area contributed by atoms with Gasteiger partial charge in [0.1, 0.15) is 6.42 Å². The summed E-state index contributed by atoms with van der Waals surface area (Å²) in [4.78, 5) is 28.2. The number of aromatic nitrogens is 1. The van der Waals surface area contributed by atoms with Crippen molar-refractivity contribution in [1.29, 1.82) is 0 Å². The third-order valence-corrected chi connectivity index (χ3v) is 2.17. The molecule has 17 heavy (non-hydrogen) atoms. The van der Waals surface area contributed by atoms with Gasteiger partial charge in [-0.2, -0.15) is 0 Å². The lowest BCUT2D eigenvalue weighted by Crippen LogP contribution is -2.28. The molecule has 92 valence electrons. The first-order valence-corrected chi connectivity index (χ1v) is 5.42. The van der Waals surface area contributed by atoms with Crippen LogP contribution in [0.3, 0.4) is 0 Å². The van der Waals surface area contributed by atoms with Gasteiger partial charge in [-0.05, 0) is 18.6 Å². The van der Waals surface area contributed by atoms with Gasteiger partial charge in [-0.15, -0.1) is 0 Å². The molecule has 0 bridgehead atoms. The molecule has 1 aromatic rings. The number of rotatable bonds is 5. The van der Waals surface area contributed by atoms with Crippen LogP contribution >= 0.6 is 0 Å². The van der Waals surface area contributed by atoms with E-state index >= 15 is 0 Å². The molecule has 1 heterocycles. The number of carbonyl (C=O) groups is 2. The molecule has 0 unspecified atom stereocenters. The zero-order valence-electron chi connectivity index (χ0n) is 10.0. The molecule has 0 N–H and O–H groups in total. The van der Waals surface area contributed by atoms with Crippen LogP contribution in [0.15, 0.2) is 24.5 Å². The van der Waals surface area contributed by atoms with E-state index in [1.165, 1.54) is 4.90 Å². The largest absolute Gasteiger partial charge is 0.466 e. The molecule has 0 aliphatic carbocycles. The van der Waals surface area contributed by atoms with Crippen LogP contribution in [0.4, 0.5) is 0 Å². The van der Waals surface area contributed by atoms with Crippen molar-refractivity contribution >= 4 is 11.9 Å². The summed E-state index contributed by atoms with van der Waals surface area (Å²) in [6.45, 7) is 2.44. The second-order valence-corrected chi connectivity index (χ2v) is 3.59. The molecule has 0 spiro atoms. The Hall–Kier alpha value is -1.91. The van der Waals surface area contributed by atoms with E-state index in [4.69, 9.17) is 4.74 Å². The molecule has 5 nitrogen and oxygen atoms in total. The van der Waals surface area contributed by atoms with E-state index in [0.717, 1.165) is 5.56 Å². The number of hydrogen-bond acceptors (Lipinski definition) is 4. The van der Waals surface area contributed by atoms with Crippen molar-refractivity contribution in [3.05, 3.63) is 30.1 Å². The van der Waals surface area contributed by atoms with Crippen molar-refractivity contribution in [1.82, 2.24) is 9.88 Å². The van der Waals surface area contributed by atoms with Crippen LogP contribution < -0.4 is 0 Å². The van der Waals surface area contributed by atoms with Gasteiger partial charge in [0.2, 0.25) is 5.91 Å². The molecule has 1 rings (SSSR count).